The molecule has 0 aromatic heterocycles. The highest BCUT2D eigenvalue weighted by Crippen LogP contribution is 2.31. The second kappa shape index (κ2) is 5.54. The van der Waals surface area contributed by atoms with E-state index < -0.39 is 0 Å². The van der Waals surface area contributed by atoms with Gasteiger partial charge in [-0.1, -0.05) is 26.0 Å². The smallest absolute Gasteiger partial charge is 0.0368 e. The van der Waals surface area contributed by atoms with E-state index in [-0.39, 0.29) is 0 Å². The highest BCUT2D eigenvalue weighted by Gasteiger charge is 2.27. The van der Waals surface area contributed by atoms with Gasteiger partial charge in [0.2, 0.25) is 0 Å². The van der Waals surface area contributed by atoms with Crippen LogP contribution in [0.3, 0.4) is 0 Å². The zero-order valence-electron chi connectivity index (χ0n) is 11.2. The zero-order valence-corrected chi connectivity index (χ0v) is 11.2. The van der Waals surface area contributed by atoms with Crippen molar-refractivity contribution in [2.75, 3.05) is 11.4 Å². The summed E-state index contributed by atoms with van der Waals surface area (Å²) in [5.41, 5.74) is 2.75. The summed E-state index contributed by atoms with van der Waals surface area (Å²) in [6.45, 7) is 8.69. The van der Waals surface area contributed by atoms with Gasteiger partial charge >= 0.3 is 0 Å². The van der Waals surface area contributed by atoms with Gasteiger partial charge in [0.1, 0.15) is 0 Å². The number of rotatable bonds is 6. The quantitative estimate of drug-likeness (QED) is 0.810. The van der Waals surface area contributed by atoms with Gasteiger partial charge in [-0.3, -0.25) is 0 Å². The summed E-state index contributed by atoms with van der Waals surface area (Å²) in [6.07, 6.45) is 2.73. The molecule has 0 amide bonds. The summed E-state index contributed by atoms with van der Waals surface area (Å²) in [6, 6.07) is 10.4. The highest BCUT2D eigenvalue weighted by molar-refractivity contribution is 5.49. The number of nitrogens with zero attached hydrogens (tertiary/aromatic N) is 1. The third-order valence-corrected chi connectivity index (χ3v) is 3.31. The van der Waals surface area contributed by atoms with Crippen LogP contribution in [0.4, 0.5) is 5.69 Å². The van der Waals surface area contributed by atoms with Crippen molar-refractivity contribution in [3.05, 3.63) is 29.8 Å². The van der Waals surface area contributed by atoms with Gasteiger partial charge in [0.15, 0.2) is 0 Å². The van der Waals surface area contributed by atoms with Crippen LogP contribution < -0.4 is 10.2 Å². The lowest BCUT2D eigenvalue weighted by Crippen LogP contribution is -2.25. The van der Waals surface area contributed by atoms with Crippen molar-refractivity contribution in [1.82, 2.24) is 5.32 Å². The normalized spacial score (nSPS) is 15.3. The van der Waals surface area contributed by atoms with E-state index in [0.29, 0.717) is 6.04 Å². The van der Waals surface area contributed by atoms with Gasteiger partial charge in [-0.15, -0.1) is 0 Å². The average molecular weight is 232 g/mol. The Morgan fingerprint density at radius 1 is 1.24 bits per heavy atom. The van der Waals surface area contributed by atoms with E-state index in [4.69, 9.17) is 0 Å². The molecule has 1 aliphatic carbocycles. The minimum Gasteiger partial charge on any atom is -0.369 e. The molecule has 17 heavy (non-hydrogen) atoms. The van der Waals surface area contributed by atoms with Crippen molar-refractivity contribution >= 4 is 5.69 Å². The van der Waals surface area contributed by atoms with Crippen LogP contribution in [-0.2, 0) is 6.54 Å². The Morgan fingerprint density at radius 2 is 1.88 bits per heavy atom. The van der Waals surface area contributed by atoms with E-state index in [9.17, 15) is 0 Å². The molecule has 0 spiro atoms. The SMILES string of the molecule is CCN(c1ccc(CNC(C)C)cc1)C1CC1. The second-order valence-electron chi connectivity index (χ2n) is 5.22. The lowest BCUT2D eigenvalue weighted by Gasteiger charge is -2.23. The van der Waals surface area contributed by atoms with Gasteiger partial charge in [-0.25, -0.2) is 0 Å². The van der Waals surface area contributed by atoms with Gasteiger partial charge in [-0.2, -0.15) is 0 Å². The number of nitrogens with one attached hydrogen (secondary N) is 1. The Balaban J connectivity index is 1.96. The van der Waals surface area contributed by atoms with Crippen LogP contribution in [0.15, 0.2) is 24.3 Å². The summed E-state index contributed by atoms with van der Waals surface area (Å²) < 4.78 is 0. The van der Waals surface area contributed by atoms with E-state index in [1.807, 2.05) is 0 Å². The highest BCUT2D eigenvalue weighted by atomic mass is 15.2. The molecule has 1 saturated carbocycles. The molecule has 1 aromatic carbocycles. The molecule has 0 bridgehead atoms. The van der Waals surface area contributed by atoms with Crippen LogP contribution in [0.25, 0.3) is 0 Å². The van der Waals surface area contributed by atoms with Gasteiger partial charge in [-0.05, 0) is 37.5 Å². The van der Waals surface area contributed by atoms with Crippen molar-refractivity contribution < 1.29 is 0 Å². The molecule has 0 aliphatic heterocycles. The van der Waals surface area contributed by atoms with E-state index >= 15 is 0 Å². The predicted molar refractivity (Wildman–Crippen MR) is 74.5 cm³/mol. The van der Waals surface area contributed by atoms with Crippen molar-refractivity contribution in [1.29, 1.82) is 0 Å². The van der Waals surface area contributed by atoms with Crippen molar-refractivity contribution in [2.45, 2.75) is 52.2 Å². The number of anilines is 1. The largest absolute Gasteiger partial charge is 0.369 e. The maximum absolute atomic E-state index is 3.45. The Morgan fingerprint density at radius 3 is 2.35 bits per heavy atom. The fourth-order valence-corrected chi connectivity index (χ4v) is 2.17. The molecule has 0 unspecified atom stereocenters. The molecule has 0 radical (unpaired) electrons. The van der Waals surface area contributed by atoms with Crippen LogP contribution in [-0.4, -0.2) is 18.6 Å². The molecule has 2 heteroatoms. The fraction of sp³-hybridized carbons (Fsp3) is 0.600. The third-order valence-electron chi connectivity index (χ3n) is 3.31. The molecule has 1 aliphatic rings. The fourth-order valence-electron chi connectivity index (χ4n) is 2.17. The molecule has 1 N–H and O–H groups in total. The van der Waals surface area contributed by atoms with Gasteiger partial charge in [0.25, 0.3) is 0 Å². The van der Waals surface area contributed by atoms with E-state index in [0.717, 1.165) is 19.1 Å². The Hall–Kier alpha value is -1.02. The molecule has 2 nitrogen and oxygen atoms in total. The van der Waals surface area contributed by atoms with Crippen LogP contribution in [0.5, 0.6) is 0 Å². The molecule has 94 valence electrons. The van der Waals surface area contributed by atoms with E-state index in [1.54, 1.807) is 0 Å². The minimum absolute atomic E-state index is 0.549. The Kier molecular flexibility index (Phi) is 4.06. The molecule has 2 rings (SSSR count). The predicted octanol–water partition coefficient (Wildman–Crippen LogP) is 3.17. The molecule has 0 atom stereocenters. The van der Waals surface area contributed by atoms with E-state index in [2.05, 4.69) is 55.3 Å². The molecular formula is C15H24N2. The maximum atomic E-state index is 3.45. The van der Waals surface area contributed by atoms with Crippen molar-refractivity contribution in [3.63, 3.8) is 0 Å². The van der Waals surface area contributed by atoms with Crippen LogP contribution in [0, 0.1) is 0 Å². The minimum atomic E-state index is 0.549. The first-order valence-electron chi connectivity index (χ1n) is 6.79. The van der Waals surface area contributed by atoms with Gasteiger partial charge < -0.3 is 10.2 Å². The Bertz CT molecular complexity index is 338. The monoisotopic (exact) mass is 232 g/mol. The zero-order chi connectivity index (χ0) is 12.3. The molecule has 1 aromatic rings. The number of hydrogen-bond acceptors (Lipinski definition) is 2. The summed E-state index contributed by atoms with van der Waals surface area (Å²) in [5.74, 6) is 0. The summed E-state index contributed by atoms with van der Waals surface area (Å²) in [7, 11) is 0. The second-order valence-corrected chi connectivity index (χ2v) is 5.22. The summed E-state index contributed by atoms with van der Waals surface area (Å²) in [4.78, 5) is 2.51. The summed E-state index contributed by atoms with van der Waals surface area (Å²) >= 11 is 0. The van der Waals surface area contributed by atoms with Crippen molar-refractivity contribution in [3.8, 4) is 0 Å². The number of benzene rings is 1. The molecule has 0 saturated heterocycles. The van der Waals surface area contributed by atoms with Gasteiger partial charge in [0, 0.05) is 30.9 Å². The van der Waals surface area contributed by atoms with Crippen molar-refractivity contribution in [2.24, 2.45) is 0 Å². The number of hydrogen-bond donors (Lipinski definition) is 1. The standard InChI is InChI=1S/C15H24N2/c1-4-17(15-9-10-15)14-7-5-13(6-8-14)11-16-12(2)3/h5-8,12,15-16H,4,9-11H2,1-3H3. The molecular weight excluding hydrogens is 208 g/mol. The lowest BCUT2D eigenvalue weighted by molar-refractivity contribution is 0.589. The first kappa shape index (κ1) is 12.4. The average Bonchev–Trinajstić information content (AvgIpc) is 3.13. The van der Waals surface area contributed by atoms with Gasteiger partial charge in [0.05, 0.1) is 0 Å². The van der Waals surface area contributed by atoms with Crippen LogP contribution >= 0.6 is 0 Å². The first-order chi connectivity index (χ1) is 8.20. The summed E-state index contributed by atoms with van der Waals surface area (Å²) in [5, 5.41) is 3.45. The topological polar surface area (TPSA) is 15.3 Å². The third kappa shape index (κ3) is 3.47. The van der Waals surface area contributed by atoms with Crippen LogP contribution in [0.1, 0.15) is 39.2 Å². The van der Waals surface area contributed by atoms with E-state index in [1.165, 1.54) is 24.1 Å². The first-order valence-corrected chi connectivity index (χ1v) is 6.79. The Labute approximate surface area is 105 Å². The molecule has 0 heterocycles. The molecule has 1 fully saturated rings. The maximum Gasteiger partial charge on any atom is 0.0368 e. The lowest BCUT2D eigenvalue weighted by atomic mass is 10.2. The van der Waals surface area contributed by atoms with Crippen LogP contribution in [0.2, 0.25) is 0 Å².